The van der Waals surface area contributed by atoms with Crippen molar-refractivity contribution in [3.8, 4) is 0 Å². The Labute approximate surface area is 120 Å². The van der Waals surface area contributed by atoms with E-state index in [9.17, 15) is 18.5 Å². The lowest BCUT2D eigenvalue weighted by molar-refractivity contribution is -0.385. The fraction of sp³-hybridized carbons (Fsp3) is 0.0909. The van der Waals surface area contributed by atoms with Gasteiger partial charge in [0.1, 0.15) is 11.2 Å². The number of hydrogen-bond donors (Lipinski definition) is 2. The van der Waals surface area contributed by atoms with E-state index in [0.717, 1.165) is 6.07 Å². The van der Waals surface area contributed by atoms with E-state index in [1.807, 2.05) is 0 Å². The maximum absolute atomic E-state index is 12.3. The molecule has 0 saturated heterocycles. The maximum Gasteiger partial charge on any atom is 0.270 e. The first-order valence-corrected chi connectivity index (χ1v) is 7.16. The van der Waals surface area contributed by atoms with Gasteiger partial charge in [-0.05, 0) is 6.07 Å². The van der Waals surface area contributed by atoms with Crippen LogP contribution in [0.25, 0.3) is 0 Å². The van der Waals surface area contributed by atoms with Crippen molar-refractivity contribution in [1.82, 2.24) is 9.97 Å². The van der Waals surface area contributed by atoms with Gasteiger partial charge in [-0.25, -0.2) is 18.4 Å². The third kappa shape index (κ3) is 3.23. The molecule has 0 aliphatic heterocycles. The molecule has 1 heterocycles. The normalized spacial score (nSPS) is 10.9. The van der Waals surface area contributed by atoms with E-state index in [-0.39, 0.29) is 22.0 Å². The van der Waals surface area contributed by atoms with Gasteiger partial charge in [-0.15, -0.1) is 0 Å². The Morgan fingerprint density at radius 3 is 2.48 bits per heavy atom. The lowest BCUT2D eigenvalue weighted by Gasteiger charge is -2.11. The number of anilines is 2. The summed E-state index contributed by atoms with van der Waals surface area (Å²) in [5.74, 6) is 0. The van der Waals surface area contributed by atoms with Crippen molar-refractivity contribution >= 4 is 27.1 Å². The van der Waals surface area contributed by atoms with Gasteiger partial charge in [-0.3, -0.25) is 14.8 Å². The monoisotopic (exact) mass is 309 g/mol. The van der Waals surface area contributed by atoms with Crippen molar-refractivity contribution in [2.45, 2.75) is 4.90 Å². The molecule has 21 heavy (non-hydrogen) atoms. The van der Waals surface area contributed by atoms with E-state index in [2.05, 4.69) is 20.0 Å². The van der Waals surface area contributed by atoms with Crippen LogP contribution in [-0.4, -0.2) is 30.4 Å². The van der Waals surface area contributed by atoms with Crippen molar-refractivity contribution < 1.29 is 13.3 Å². The second kappa shape index (κ2) is 5.71. The van der Waals surface area contributed by atoms with Crippen LogP contribution in [0.5, 0.6) is 0 Å². The minimum Gasteiger partial charge on any atom is -0.387 e. The fourth-order valence-corrected chi connectivity index (χ4v) is 2.88. The van der Waals surface area contributed by atoms with Gasteiger partial charge < -0.3 is 5.32 Å². The van der Waals surface area contributed by atoms with Gasteiger partial charge in [0.25, 0.3) is 15.7 Å². The molecule has 9 nitrogen and oxygen atoms in total. The first-order valence-electron chi connectivity index (χ1n) is 5.68. The number of rotatable bonds is 5. The van der Waals surface area contributed by atoms with Crippen LogP contribution in [0.15, 0.2) is 41.8 Å². The summed E-state index contributed by atoms with van der Waals surface area (Å²) in [6, 6.07) is 3.53. The van der Waals surface area contributed by atoms with E-state index in [1.165, 1.54) is 37.9 Å². The number of hydrogen-bond acceptors (Lipinski definition) is 7. The van der Waals surface area contributed by atoms with E-state index in [4.69, 9.17) is 0 Å². The van der Waals surface area contributed by atoms with Crippen LogP contribution in [-0.2, 0) is 10.0 Å². The summed E-state index contributed by atoms with van der Waals surface area (Å²) in [4.78, 5) is 17.3. The summed E-state index contributed by atoms with van der Waals surface area (Å²) in [6.07, 6.45) is 3.81. The minimum absolute atomic E-state index is 0.158. The molecule has 0 bridgehead atoms. The second-order valence-electron chi connectivity index (χ2n) is 3.92. The molecule has 110 valence electrons. The van der Waals surface area contributed by atoms with Crippen LogP contribution in [0.4, 0.5) is 17.1 Å². The van der Waals surface area contributed by atoms with E-state index in [1.54, 1.807) is 0 Å². The Bertz CT molecular complexity index is 763. The van der Waals surface area contributed by atoms with Crippen LogP contribution >= 0.6 is 0 Å². The zero-order chi connectivity index (χ0) is 15.5. The van der Waals surface area contributed by atoms with Gasteiger partial charge in [0.05, 0.1) is 28.7 Å². The van der Waals surface area contributed by atoms with E-state index in [0.29, 0.717) is 0 Å². The quantitative estimate of drug-likeness (QED) is 0.628. The summed E-state index contributed by atoms with van der Waals surface area (Å²) in [6.45, 7) is 0. The molecule has 0 radical (unpaired) electrons. The summed E-state index contributed by atoms with van der Waals surface area (Å²) >= 11 is 0. The lowest BCUT2D eigenvalue weighted by atomic mass is 10.3. The van der Waals surface area contributed by atoms with Gasteiger partial charge in [-0.1, -0.05) is 0 Å². The van der Waals surface area contributed by atoms with Gasteiger partial charge in [0.2, 0.25) is 0 Å². The number of nitro benzene ring substituents is 1. The Morgan fingerprint density at radius 1 is 1.24 bits per heavy atom. The molecule has 1 aromatic heterocycles. The second-order valence-corrected chi connectivity index (χ2v) is 5.57. The Hall–Kier alpha value is -2.75. The highest BCUT2D eigenvalue weighted by Crippen LogP contribution is 2.27. The summed E-state index contributed by atoms with van der Waals surface area (Å²) in [5.41, 5.74) is 0.0784. The minimum atomic E-state index is -4.01. The number of benzene rings is 1. The summed E-state index contributed by atoms with van der Waals surface area (Å²) < 4.78 is 26.9. The zero-order valence-corrected chi connectivity index (χ0v) is 11.7. The molecule has 2 rings (SSSR count). The van der Waals surface area contributed by atoms with Gasteiger partial charge in [-0.2, -0.15) is 0 Å². The number of sulfonamides is 1. The first kappa shape index (κ1) is 14.7. The largest absolute Gasteiger partial charge is 0.387 e. The molecule has 0 aliphatic carbocycles. The fourth-order valence-electron chi connectivity index (χ4n) is 1.62. The highest BCUT2D eigenvalue weighted by atomic mass is 32.2. The number of nitrogens with zero attached hydrogens (tertiary/aromatic N) is 3. The van der Waals surface area contributed by atoms with Gasteiger partial charge in [0, 0.05) is 19.2 Å². The van der Waals surface area contributed by atoms with Crippen molar-refractivity contribution in [3.63, 3.8) is 0 Å². The van der Waals surface area contributed by atoms with Crippen molar-refractivity contribution in [2.24, 2.45) is 0 Å². The first-order chi connectivity index (χ1) is 9.94. The molecule has 0 aliphatic rings. The highest BCUT2D eigenvalue weighted by molar-refractivity contribution is 7.92. The molecule has 0 amide bonds. The molecule has 0 saturated carbocycles. The molecular weight excluding hydrogens is 298 g/mol. The molecule has 0 atom stereocenters. The Balaban J connectivity index is 2.48. The molecule has 10 heteroatoms. The average Bonchev–Trinajstić information content (AvgIpc) is 2.47. The van der Waals surface area contributed by atoms with Crippen LogP contribution in [0.3, 0.4) is 0 Å². The highest BCUT2D eigenvalue weighted by Gasteiger charge is 2.22. The molecular formula is C11H11N5O4S. The zero-order valence-electron chi connectivity index (χ0n) is 10.8. The predicted molar refractivity (Wildman–Crippen MR) is 75.5 cm³/mol. The predicted octanol–water partition coefficient (Wildman–Crippen LogP) is 1.23. The standard InChI is InChI=1S/C11H11N5O4S/c1-12-10-3-2-9(16(17)18)4-11(10)21(19,20)15-8-5-13-7-14-6-8/h2-7,12,15H,1H3. The SMILES string of the molecule is CNc1ccc([N+](=O)[O-])cc1S(=O)(=O)Nc1cncnc1. The summed E-state index contributed by atoms with van der Waals surface area (Å²) in [5, 5.41) is 13.5. The van der Waals surface area contributed by atoms with Crippen molar-refractivity contribution in [1.29, 1.82) is 0 Å². The third-order valence-electron chi connectivity index (χ3n) is 2.55. The number of non-ortho nitro benzene ring substituents is 1. The van der Waals surface area contributed by atoms with Crippen molar-refractivity contribution in [2.75, 3.05) is 17.1 Å². The molecule has 2 N–H and O–H groups in total. The molecule has 1 aromatic carbocycles. The van der Waals surface area contributed by atoms with Crippen molar-refractivity contribution in [3.05, 3.63) is 47.0 Å². The van der Waals surface area contributed by atoms with Crippen LogP contribution < -0.4 is 10.0 Å². The Morgan fingerprint density at radius 2 is 1.90 bits per heavy atom. The van der Waals surface area contributed by atoms with E-state index >= 15 is 0 Å². The molecule has 2 aromatic rings. The summed E-state index contributed by atoms with van der Waals surface area (Å²) in [7, 11) is -2.49. The maximum atomic E-state index is 12.3. The van der Waals surface area contributed by atoms with Gasteiger partial charge in [0.15, 0.2) is 0 Å². The number of nitrogens with one attached hydrogen (secondary N) is 2. The van der Waals surface area contributed by atoms with Crippen LogP contribution in [0.2, 0.25) is 0 Å². The molecule has 0 spiro atoms. The van der Waals surface area contributed by atoms with Crippen LogP contribution in [0.1, 0.15) is 0 Å². The third-order valence-corrected chi connectivity index (χ3v) is 3.97. The smallest absolute Gasteiger partial charge is 0.270 e. The molecule has 0 unspecified atom stereocenters. The molecule has 0 fully saturated rings. The van der Waals surface area contributed by atoms with E-state index < -0.39 is 14.9 Å². The Kier molecular flexibility index (Phi) is 3.98. The number of aromatic nitrogens is 2. The van der Waals surface area contributed by atoms with Crippen LogP contribution in [0, 0.1) is 10.1 Å². The topological polar surface area (TPSA) is 127 Å². The lowest BCUT2D eigenvalue weighted by Crippen LogP contribution is -2.15. The average molecular weight is 309 g/mol. The number of nitro groups is 1. The van der Waals surface area contributed by atoms with Gasteiger partial charge >= 0.3 is 0 Å².